The van der Waals surface area contributed by atoms with Gasteiger partial charge in [-0.1, -0.05) is 6.07 Å². The van der Waals surface area contributed by atoms with E-state index in [1.807, 2.05) is 0 Å². The van der Waals surface area contributed by atoms with Crippen LogP contribution in [0.1, 0.15) is 24.8 Å². The summed E-state index contributed by atoms with van der Waals surface area (Å²) < 4.78 is 32.8. The van der Waals surface area contributed by atoms with Crippen molar-refractivity contribution in [3.05, 3.63) is 35.4 Å². The van der Waals surface area contributed by atoms with Gasteiger partial charge in [-0.3, -0.25) is 0 Å². The van der Waals surface area contributed by atoms with Crippen LogP contribution >= 0.6 is 0 Å². The summed E-state index contributed by atoms with van der Waals surface area (Å²) in [5.41, 5.74) is 5.74. The molecule has 4 heteroatoms. The molecule has 2 aliphatic heterocycles. The van der Waals surface area contributed by atoms with E-state index in [9.17, 15) is 8.78 Å². The zero-order chi connectivity index (χ0) is 12.0. The van der Waals surface area contributed by atoms with Gasteiger partial charge in [0.25, 0.3) is 0 Å². The maximum atomic E-state index is 13.6. The average Bonchev–Trinajstić information content (AvgIpc) is 2.83. The Bertz CT molecular complexity index is 431. The van der Waals surface area contributed by atoms with Crippen molar-refractivity contribution in [3.8, 4) is 0 Å². The number of halogens is 2. The summed E-state index contributed by atoms with van der Waals surface area (Å²) in [6, 6.07) is 3.92. The quantitative estimate of drug-likeness (QED) is 0.858. The first-order valence-electron chi connectivity index (χ1n) is 5.96. The van der Waals surface area contributed by atoms with Gasteiger partial charge < -0.3 is 10.5 Å². The highest BCUT2D eigenvalue weighted by Crippen LogP contribution is 2.42. The molecule has 2 nitrogen and oxygen atoms in total. The van der Waals surface area contributed by atoms with Gasteiger partial charge >= 0.3 is 0 Å². The normalized spacial score (nSPS) is 35.5. The second kappa shape index (κ2) is 3.75. The topological polar surface area (TPSA) is 35.2 Å². The highest BCUT2D eigenvalue weighted by molar-refractivity contribution is 5.24. The maximum absolute atomic E-state index is 13.6. The molecule has 0 amide bonds. The fourth-order valence-electron chi connectivity index (χ4n) is 3.05. The lowest BCUT2D eigenvalue weighted by atomic mass is 9.78. The summed E-state index contributed by atoms with van der Waals surface area (Å²) in [6.45, 7) is 0. The lowest BCUT2D eigenvalue weighted by molar-refractivity contribution is 0.0853. The third kappa shape index (κ3) is 1.76. The van der Waals surface area contributed by atoms with E-state index in [0.29, 0.717) is 6.42 Å². The molecule has 92 valence electrons. The summed E-state index contributed by atoms with van der Waals surface area (Å²) >= 11 is 0. The lowest BCUT2D eigenvalue weighted by Gasteiger charge is -2.31. The minimum Gasteiger partial charge on any atom is -0.373 e. The molecule has 3 atom stereocenters. The molecule has 0 saturated carbocycles. The molecule has 1 aromatic rings. The Morgan fingerprint density at radius 3 is 2.53 bits per heavy atom. The van der Waals surface area contributed by atoms with E-state index in [-0.39, 0.29) is 24.2 Å². The molecular formula is C13H15F2NO. The van der Waals surface area contributed by atoms with Crippen LogP contribution in [0, 0.1) is 11.6 Å². The van der Waals surface area contributed by atoms with E-state index in [0.717, 1.165) is 12.8 Å². The van der Waals surface area contributed by atoms with Crippen LogP contribution in [0.15, 0.2) is 18.2 Å². The van der Waals surface area contributed by atoms with Crippen LogP contribution in [0.3, 0.4) is 0 Å². The van der Waals surface area contributed by atoms with E-state index in [1.165, 1.54) is 18.2 Å². The number of benzene rings is 1. The molecule has 2 bridgehead atoms. The van der Waals surface area contributed by atoms with Crippen molar-refractivity contribution in [1.29, 1.82) is 0 Å². The predicted octanol–water partition coefficient (Wildman–Crippen LogP) is 2.16. The third-order valence-corrected chi connectivity index (χ3v) is 3.92. The molecule has 3 unspecified atom stereocenters. The van der Waals surface area contributed by atoms with Crippen molar-refractivity contribution >= 4 is 0 Å². The van der Waals surface area contributed by atoms with Gasteiger partial charge in [0.15, 0.2) is 0 Å². The number of rotatable bonds is 2. The molecule has 0 radical (unpaired) electrons. The summed E-state index contributed by atoms with van der Waals surface area (Å²) in [5.74, 6) is -1.03. The minimum atomic E-state index is -0.605. The molecule has 2 heterocycles. The van der Waals surface area contributed by atoms with Gasteiger partial charge in [0.1, 0.15) is 11.6 Å². The molecular weight excluding hydrogens is 224 g/mol. The molecule has 2 saturated heterocycles. The van der Waals surface area contributed by atoms with Crippen molar-refractivity contribution in [2.45, 2.75) is 43.4 Å². The summed E-state index contributed by atoms with van der Waals surface area (Å²) in [6.07, 6.45) is 2.96. The Hall–Kier alpha value is -1.00. The Kier molecular flexibility index (Phi) is 2.45. The molecule has 17 heavy (non-hydrogen) atoms. The Morgan fingerprint density at radius 1 is 1.29 bits per heavy atom. The van der Waals surface area contributed by atoms with Crippen molar-refractivity contribution in [1.82, 2.24) is 0 Å². The first-order valence-corrected chi connectivity index (χ1v) is 5.96. The lowest BCUT2D eigenvalue weighted by Crippen LogP contribution is -2.50. The Morgan fingerprint density at radius 2 is 2.00 bits per heavy atom. The molecule has 0 spiro atoms. The molecule has 2 fully saturated rings. The van der Waals surface area contributed by atoms with Crippen LogP contribution in [0.2, 0.25) is 0 Å². The molecule has 2 aliphatic rings. The van der Waals surface area contributed by atoms with Gasteiger partial charge in [-0.2, -0.15) is 0 Å². The molecule has 0 aliphatic carbocycles. The van der Waals surface area contributed by atoms with Gasteiger partial charge in [0.2, 0.25) is 0 Å². The molecule has 1 aromatic carbocycles. The maximum Gasteiger partial charge on any atom is 0.129 e. The third-order valence-electron chi connectivity index (χ3n) is 3.92. The van der Waals surface area contributed by atoms with Gasteiger partial charge in [0, 0.05) is 11.1 Å². The van der Waals surface area contributed by atoms with Gasteiger partial charge in [-0.15, -0.1) is 0 Å². The second-order valence-electron chi connectivity index (χ2n) is 5.14. The number of fused-ring (bicyclic) bond motifs is 2. The van der Waals surface area contributed by atoms with E-state index >= 15 is 0 Å². The van der Waals surface area contributed by atoms with Crippen molar-refractivity contribution < 1.29 is 13.5 Å². The second-order valence-corrected chi connectivity index (χ2v) is 5.14. The highest BCUT2D eigenvalue weighted by atomic mass is 19.1. The first-order chi connectivity index (χ1) is 8.08. The van der Waals surface area contributed by atoms with Crippen LogP contribution in [-0.2, 0) is 11.2 Å². The monoisotopic (exact) mass is 239 g/mol. The van der Waals surface area contributed by atoms with Crippen LogP contribution in [-0.4, -0.2) is 17.7 Å². The molecule has 2 N–H and O–H groups in total. The number of hydrogen-bond acceptors (Lipinski definition) is 2. The van der Waals surface area contributed by atoms with Crippen molar-refractivity contribution in [2.75, 3.05) is 0 Å². The average molecular weight is 239 g/mol. The van der Waals surface area contributed by atoms with Crippen LogP contribution in [0.4, 0.5) is 8.78 Å². The summed E-state index contributed by atoms with van der Waals surface area (Å²) in [7, 11) is 0. The van der Waals surface area contributed by atoms with E-state index < -0.39 is 17.2 Å². The Labute approximate surface area is 98.8 Å². The van der Waals surface area contributed by atoms with Crippen molar-refractivity contribution in [3.63, 3.8) is 0 Å². The van der Waals surface area contributed by atoms with Crippen LogP contribution in [0.25, 0.3) is 0 Å². The Balaban J connectivity index is 1.88. The number of ether oxygens (including phenoxy) is 1. The number of nitrogens with two attached hydrogens (primary N) is 1. The van der Waals surface area contributed by atoms with Gasteiger partial charge in [0.05, 0.1) is 12.2 Å². The predicted molar refractivity (Wildman–Crippen MR) is 59.5 cm³/mol. The minimum absolute atomic E-state index is 0.0495. The fraction of sp³-hybridized carbons (Fsp3) is 0.538. The van der Waals surface area contributed by atoms with E-state index in [1.54, 1.807) is 0 Å². The van der Waals surface area contributed by atoms with Gasteiger partial charge in [-0.25, -0.2) is 8.78 Å². The summed E-state index contributed by atoms with van der Waals surface area (Å²) in [4.78, 5) is 0. The molecule has 3 rings (SSSR count). The van der Waals surface area contributed by atoms with Crippen molar-refractivity contribution in [2.24, 2.45) is 5.73 Å². The fourth-order valence-corrected chi connectivity index (χ4v) is 3.05. The van der Waals surface area contributed by atoms with E-state index in [2.05, 4.69) is 0 Å². The standard InChI is InChI=1S/C13H15F2NO/c14-10-2-1-3-11(15)9(10)7-13(16)6-8-4-5-12(13)17-8/h1-3,8,12H,4-7,16H2. The largest absolute Gasteiger partial charge is 0.373 e. The number of hydrogen-bond donors (Lipinski definition) is 1. The summed E-state index contributed by atoms with van der Waals surface area (Å²) in [5, 5.41) is 0. The zero-order valence-electron chi connectivity index (χ0n) is 9.46. The smallest absolute Gasteiger partial charge is 0.129 e. The SMILES string of the molecule is NC1(Cc2c(F)cccc2F)CC2CCC1O2. The highest BCUT2D eigenvalue weighted by Gasteiger charge is 2.50. The van der Waals surface area contributed by atoms with Crippen LogP contribution in [0.5, 0.6) is 0 Å². The molecule has 0 aromatic heterocycles. The zero-order valence-corrected chi connectivity index (χ0v) is 9.46. The van der Waals surface area contributed by atoms with E-state index in [4.69, 9.17) is 10.5 Å². The van der Waals surface area contributed by atoms with Crippen LogP contribution < -0.4 is 5.73 Å². The van der Waals surface area contributed by atoms with Gasteiger partial charge in [-0.05, 0) is 37.8 Å². The first kappa shape index (κ1) is 11.1.